The predicted octanol–water partition coefficient (Wildman–Crippen LogP) is 4.31. The molecule has 0 radical (unpaired) electrons. The Kier molecular flexibility index (Phi) is 8.33. The molecule has 200 valence electrons. The molecule has 1 fully saturated rings. The van der Waals surface area contributed by atoms with Crippen molar-refractivity contribution >= 4 is 45.9 Å². The van der Waals surface area contributed by atoms with E-state index in [0.29, 0.717) is 5.82 Å². The fourth-order valence-electron chi connectivity index (χ4n) is 3.53. The summed E-state index contributed by atoms with van der Waals surface area (Å²) in [7, 11) is 1.80. The molecule has 0 spiro atoms. The Labute approximate surface area is 226 Å². The summed E-state index contributed by atoms with van der Waals surface area (Å²) in [6.07, 6.45) is -2.89. The Balaban J connectivity index is 1.43. The number of carbonyl (C=O) groups excluding carboxylic acids is 1. The van der Waals surface area contributed by atoms with E-state index in [-0.39, 0.29) is 39.4 Å². The number of alkyl halides is 3. The van der Waals surface area contributed by atoms with Gasteiger partial charge in [0.05, 0.1) is 11.4 Å². The van der Waals surface area contributed by atoms with Crippen molar-refractivity contribution in [2.24, 2.45) is 12.0 Å². The molecule has 1 atom stereocenters. The van der Waals surface area contributed by atoms with Crippen molar-refractivity contribution in [3.05, 3.63) is 59.9 Å². The van der Waals surface area contributed by atoms with Gasteiger partial charge < -0.3 is 4.74 Å². The van der Waals surface area contributed by atoms with Crippen molar-refractivity contribution in [3.63, 3.8) is 0 Å². The second-order valence-electron chi connectivity index (χ2n) is 8.45. The molecule has 2 heterocycles. The number of carbonyl (C=O) groups is 1. The van der Waals surface area contributed by atoms with Crippen LogP contribution in [0.3, 0.4) is 0 Å². The van der Waals surface area contributed by atoms with Crippen LogP contribution in [-0.2, 0) is 11.8 Å². The Morgan fingerprint density at radius 2 is 2.00 bits per heavy atom. The number of halogens is 3. The van der Waals surface area contributed by atoms with Crippen molar-refractivity contribution in [2.45, 2.75) is 26.1 Å². The Morgan fingerprint density at radius 1 is 1.26 bits per heavy atom. The second-order valence-corrected chi connectivity index (χ2v) is 9.78. The highest BCUT2D eigenvalue weighted by Crippen LogP contribution is 2.36. The first-order chi connectivity index (χ1) is 18.0. The summed E-state index contributed by atoms with van der Waals surface area (Å²) in [6.45, 7) is 2.21. The number of benzene rings is 2. The van der Waals surface area contributed by atoms with Crippen LogP contribution in [0.2, 0.25) is 0 Å². The van der Waals surface area contributed by atoms with Crippen molar-refractivity contribution in [2.75, 3.05) is 17.3 Å². The molecule has 1 saturated heterocycles. The molecule has 3 aromatic rings. The van der Waals surface area contributed by atoms with Crippen molar-refractivity contribution < 1.29 is 22.7 Å². The number of ether oxygens (including phenoxy) is 1. The van der Waals surface area contributed by atoms with Crippen molar-refractivity contribution in [1.29, 1.82) is 0 Å². The third-order valence-corrected chi connectivity index (χ3v) is 6.49. The largest absolute Gasteiger partial charge is 0.482 e. The minimum Gasteiger partial charge on any atom is -0.482 e. The zero-order valence-electron chi connectivity index (χ0n) is 20.6. The van der Waals surface area contributed by atoms with Gasteiger partial charge in [0, 0.05) is 18.7 Å². The molecule has 1 amide bonds. The third-order valence-electron chi connectivity index (χ3n) is 5.37. The third kappa shape index (κ3) is 6.88. The minimum absolute atomic E-state index is 0.0544. The van der Waals surface area contributed by atoms with Gasteiger partial charge in [-0.15, -0.1) is 0 Å². The number of aliphatic imine (C=N–C) groups is 1. The van der Waals surface area contributed by atoms with Crippen molar-refractivity contribution in [3.8, 4) is 17.1 Å². The lowest BCUT2D eigenvalue weighted by Gasteiger charge is -2.21. The molecule has 0 bridgehead atoms. The van der Waals surface area contributed by atoms with E-state index >= 15 is 0 Å². The van der Waals surface area contributed by atoms with Crippen LogP contribution in [0.1, 0.15) is 24.1 Å². The van der Waals surface area contributed by atoms with Gasteiger partial charge in [0.1, 0.15) is 12.1 Å². The highest BCUT2D eigenvalue weighted by atomic mass is 32.2. The number of hydrogen-bond donors (Lipinski definition) is 2. The van der Waals surface area contributed by atoms with E-state index in [4.69, 9.17) is 17.0 Å². The molecule has 9 nitrogen and oxygen atoms in total. The molecule has 38 heavy (non-hydrogen) atoms. The summed E-state index contributed by atoms with van der Waals surface area (Å²) in [6, 6.07) is 12.1. The van der Waals surface area contributed by atoms with E-state index in [1.165, 1.54) is 11.0 Å². The number of aromatic nitrogens is 3. The van der Waals surface area contributed by atoms with E-state index in [2.05, 4.69) is 25.9 Å². The predicted molar refractivity (Wildman–Crippen MR) is 144 cm³/mol. The van der Waals surface area contributed by atoms with Crippen LogP contribution < -0.4 is 20.5 Å². The van der Waals surface area contributed by atoms with Crippen LogP contribution in [-0.4, -0.2) is 49.5 Å². The van der Waals surface area contributed by atoms with Gasteiger partial charge in [-0.05, 0) is 49.3 Å². The molecule has 2 N–H and O–H groups in total. The molecule has 4 rings (SSSR count). The zero-order chi connectivity index (χ0) is 27.4. The molecule has 1 unspecified atom stereocenters. The van der Waals surface area contributed by atoms with E-state index in [0.717, 1.165) is 28.5 Å². The van der Waals surface area contributed by atoms with Crippen LogP contribution in [0.25, 0.3) is 11.4 Å². The van der Waals surface area contributed by atoms with Crippen LogP contribution in [0.4, 0.5) is 18.9 Å². The van der Waals surface area contributed by atoms with Gasteiger partial charge in [-0.2, -0.15) is 23.3 Å². The lowest BCUT2D eigenvalue weighted by molar-refractivity contribution is -0.153. The highest BCUT2D eigenvalue weighted by molar-refractivity contribution is 8.15. The highest BCUT2D eigenvalue weighted by Gasteiger charge is 2.34. The number of nitrogens with one attached hydrogen (secondary N) is 2. The number of anilines is 1. The first-order valence-electron chi connectivity index (χ1n) is 11.4. The fourth-order valence-corrected chi connectivity index (χ4v) is 4.60. The van der Waals surface area contributed by atoms with Gasteiger partial charge in [-0.3, -0.25) is 19.8 Å². The fraction of sp³-hybridized carbons (Fsp3) is 0.292. The molecule has 0 aliphatic carbocycles. The molecule has 14 heteroatoms. The standard InChI is InChI=1S/C24H24F3N7O2S2/c1-14-4-9-19(36-12-24(25,26)27)18(10-14)34-20(35)11-38-23(34)29-22(37)31-30-15(2)16-5-7-17(8-6-16)21-28-13-33(3)32-21/h4-10,13,15,30H,11-12H2,1-3H3,(H,31,37). The molecular formula is C24H24F3N7O2S2. The number of thioether (sulfide) groups is 1. The normalized spacial score (nSPS) is 15.7. The van der Waals surface area contributed by atoms with E-state index in [1.54, 1.807) is 37.1 Å². The van der Waals surface area contributed by atoms with Gasteiger partial charge in [0.15, 0.2) is 17.6 Å². The zero-order valence-corrected chi connectivity index (χ0v) is 22.2. The number of hydrazine groups is 1. The maximum atomic E-state index is 12.8. The lowest BCUT2D eigenvalue weighted by Crippen LogP contribution is -2.38. The van der Waals surface area contributed by atoms with Crippen LogP contribution in [0, 0.1) is 6.92 Å². The Bertz CT molecular complexity index is 1360. The molecule has 1 aromatic heterocycles. The average molecular weight is 564 g/mol. The van der Waals surface area contributed by atoms with Gasteiger partial charge in [0.2, 0.25) is 11.0 Å². The SMILES string of the molecule is Cc1ccc(OCC(F)(F)F)c(N2C(=O)CSC2=NC(=S)NNC(C)c2ccc(-c3ncn(C)n3)cc2)c1. The second kappa shape index (κ2) is 11.5. The van der Waals surface area contributed by atoms with Crippen LogP contribution in [0.5, 0.6) is 5.75 Å². The lowest BCUT2D eigenvalue weighted by atomic mass is 10.1. The van der Waals surface area contributed by atoms with Crippen LogP contribution >= 0.6 is 24.0 Å². The number of hydrogen-bond acceptors (Lipinski definition) is 7. The van der Waals surface area contributed by atoms with Gasteiger partial charge in [0.25, 0.3) is 0 Å². The number of thiocarbonyl (C=S) groups is 1. The smallest absolute Gasteiger partial charge is 0.422 e. The number of nitrogens with zero attached hydrogens (tertiary/aromatic N) is 5. The van der Waals surface area contributed by atoms with E-state index in [1.807, 2.05) is 31.2 Å². The summed E-state index contributed by atoms with van der Waals surface area (Å²) < 4.78 is 44.9. The number of aryl methyl sites for hydroxylation is 2. The Morgan fingerprint density at radius 3 is 2.66 bits per heavy atom. The van der Waals surface area contributed by atoms with Gasteiger partial charge in [-0.25, -0.2) is 10.4 Å². The summed E-state index contributed by atoms with van der Waals surface area (Å²) in [5.74, 6) is 0.271. The maximum absolute atomic E-state index is 12.8. The maximum Gasteiger partial charge on any atom is 0.422 e. The van der Waals surface area contributed by atoms with Gasteiger partial charge in [-0.1, -0.05) is 42.1 Å². The molecule has 1 aliphatic rings. The average Bonchev–Trinajstić information content (AvgIpc) is 3.46. The molecule has 2 aromatic carbocycles. The van der Waals surface area contributed by atoms with Crippen LogP contribution in [0.15, 0.2) is 53.8 Å². The Hall–Kier alpha value is -3.49. The first-order valence-corrected chi connectivity index (χ1v) is 12.8. The number of amides is 1. The van der Waals surface area contributed by atoms with E-state index in [9.17, 15) is 18.0 Å². The molecule has 1 aliphatic heterocycles. The van der Waals surface area contributed by atoms with Gasteiger partial charge >= 0.3 is 6.18 Å². The summed E-state index contributed by atoms with van der Waals surface area (Å²) >= 11 is 6.47. The number of rotatable bonds is 7. The molecular weight excluding hydrogens is 539 g/mol. The number of amidine groups is 1. The summed E-state index contributed by atoms with van der Waals surface area (Å²) in [5, 5.41) is 4.57. The molecule has 0 saturated carbocycles. The summed E-state index contributed by atoms with van der Waals surface area (Å²) in [4.78, 5) is 22.5. The minimum atomic E-state index is -4.52. The monoisotopic (exact) mass is 563 g/mol. The van der Waals surface area contributed by atoms with Crippen molar-refractivity contribution in [1.82, 2.24) is 25.6 Å². The topological polar surface area (TPSA) is 96.7 Å². The quantitative estimate of drug-likeness (QED) is 0.325. The van der Waals surface area contributed by atoms with E-state index < -0.39 is 12.8 Å². The first kappa shape index (κ1) is 27.5. The summed E-state index contributed by atoms with van der Waals surface area (Å²) in [5.41, 5.74) is 8.68.